The fourth-order valence-corrected chi connectivity index (χ4v) is 3.69. The van der Waals surface area contributed by atoms with Crippen molar-refractivity contribution in [3.05, 3.63) is 83.4 Å². The highest BCUT2D eigenvalue weighted by atomic mass is 16.2. The summed E-state index contributed by atoms with van der Waals surface area (Å²) in [5.74, 6) is 0.587. The number of H-pyrrole nitrogens is 1. The SMILES string of the molecule is O=C(Cc1ccccn1)N1CCC(c2cc(Cc3ccccc3)[nH]n2)CC1. The maximum atomic E-state index is 12.5. The fraction of sp³-hybridized carbons (Fsp3) is 0.318. The van der Waals surface area contributed by atoms with Crippen molar-refractivity contribution in [3.63, 3.8) is 0 Å². The summed E-state index contributed by atoms with van der Waals surface area (Å²) in [6.07, 6.45) is 4.91. The van der Waals surface area contributed by atoms with Crippen LogP contribution in [0.5, 0.6) is 0 Å². The van der Waals surface area contributed by atoms with Gasteiger partial charge in [-0.15, -0.1) is 0 Å². The van der Waals surface area contributed by atoms with Crippen LogP contribution in [-0.4, -0.2) is 39.1 Å². The molecule has 1 N–H and O–H groups in total. The van der Waals surface area contributed by atoms with Gasteiger partial charge in [0, 0.05) is 43.0 Å². The number of hydrogen-bond acceptors (Lipinski definition) is 3. The number of likely N-dealkylation sites (tertiary alicyclic amines) is 1. The molecule has 1 fully saturated rings. The molecule has 0 unspecified atom stereocenters. The number of nitrogens with zero attached hydrogens (tertiary/aromatic N) is 3. The Labute approximate surface area is 159 Å². The van der Waals surface area contributed by atoms with Gasteiger partial charge in [0.15, 0.2) is 0 Å². The Bertz CT molecular complexity index is 868. The summed E-state index contributed by atoms with van der Waals surface area (Å²) in [5.41, 5.74) is 4.38. The van der Waals surface area contributed by atoms with Gasteiger partial charge < -0.3 is 4.90 Å². The largest absolute Gasteiger partial charge is 0.342 e. The zero-order valence-electron chi connectivity index (χ0n) is 15.3. The monoisotopic (exact) mass is 360 g/mol. The van der Waals surface area contributed by atoms with E-state index in [1.54, 1.807) is 6.20 Å². The van der Waals surface area contributed by atoms with Crippen molar-refractivity contribution in [1.29, 1.82) is 0 Å². The molecule has 1 amide bonds. The van der Waals surface area contributed by atoms with E-state index in [1.807, 2.05) is 29.2 Å². The number of aromatic amines is 1. The first-order valence-electron chi connectivity index (χ1n) is 9.54. The van der Waals surface area contributed by atoms with Gasteiger partial charge in [0.05, 0.1) is 12.1 Å². The first-order valence-corrected chi connectivity index (χ1v) is 9.54. The van der Waals surface area contributed by atoms with E-state index >= 15 is 0 Å². The molecular weight excluding hydrogens is 336 g/mol. The number of amides is 1. The topological polar surface area (TPSA) is 61.9 Å². The Morgan fingerprint density at radius 3 is 2.59 bits per heavy atom. The summed E-state index contributed by atoms with van der Waals surface area (Å²) in [5, 5.41) is 7.71. The van der Waals surface area contributed by atoms with E-state index in [0.717, 1.165) is 49.4 Å². The summed E-state index contributed by atoms with van der Waals surface area (Å²) in [6, 6.07) is 18.3. The maximum absolute atomic E-state index is 12.5. The zero-order valence-corrected chi connectivity index (χ0v) is 15.3. The minimum atomic E-state index is 0.166. The summed E-state index contributed by atoms with van der Waals surface area (Å²) >= 11 is 0. The minimum absolute atomic E-state index is 0.166. The first-order chi connectivity index (χ1) is 13.3. The Balaban J connectivity index is 1.31. The summed E-state index contributed by atoms with van der Waals surface area (Å²) < 4.78 is 0. The highest BCUT2D eigenvalue weighted by Gasteiger charge is 2.25. The lowest BCUT2D eigenvalue weighted by Gasteiger charge is -2.31. The minimum Gasteiger partial charge on any atom is -0.342 e. The van der Waals surface area contributed by atoms with Crippen molar-refractivity contribution < 1.29 is 4.79 Å². The Morgan fingerprint density at radius 1 is 1.07 bits per heavy atom. The van der Waals surface area contributed by atoms with Crippen LogP contribution >= 0.6 is 0 Å². The molecule has 27 heavy (non-hydrogen) atoms. The van der Waals surface area contributed by atoms with E-state index in [1.165, 1.54) is 5.56 Å². The van der Waals surface area contributed by atoms with Crippen LogP contribution in [0.4, 0.5) is 0 Å². The number of pyridine rings is 1. The number of benzene rings is 1. The van der Waals surface area contributed by atoms with E-state index in [2.05, 4.69) is 45.5 Å². The third kappa shape index (κ3) is 4.42. The standard InChI is InChI=1S/C22H24N4O/c27-22(16-19-8-4-5-11-23-19)26-12-9-18(10-13-26)21-15-20(24-25-21)14-17-6-2-1-3-7-17/h1-8,11,15,18H,9-10,12-14,16H2,(H,24,25). The number of rotatable bonds is 5. The van der Waals surface area contributed by atoms with Gasteiger partial charge in [0.2, 0.25) is 5.91 Å². The van der Waals surface area contributed by atoms with Gasteiger partial charge in [0.1, 0.15) is 0 Å². The molecule has 1 saturated heterocycles. The van der Waals surface area contributed by atoms with Gasteiger partial charge in [-0.2, -0.15) is 5.10 Å². The predicted molar refractivity (Wildman–Crippen MR) is 104 cm³/mol. The molecule has 138 valence electrons. The number of carbonyl (C=O) groups excluding carboxylic acids is 1. The molecule has 1 aliphatic rings. The molecule has 3 heterocycles. The summed E-state index contributed by atoms with van der Waals surface area (Å²) in [7, 11) is 0. The zero-order chi connectivity index (χ0) is 18.5. The van der Waals surface area contributed by atoms with Gasteiger partial charge in [-0.05, 0) is 36.6 Å². The van der Waals surface area contributed by atoms with Crippen molar-refractivity contribution in [3.8, 4) is 0 Å². The predicted octanol–water partition coefficient (Wildman–Crippen LogP) is 3.34. The van der Waals surface area contributed by atoms with Gasteiger partial charge >= 0.3 is 0 Å². The summed E-state index contributed by atoms with van der Waals surface area (Å²) in [4.78, 5) is 18.7. The van der Waals surface area contributed by atoms with Crippen LogP contribution in [0.3, 0.4) is 0 Å². The Hall–Kier alpha value is -2.95. The molecular formula is C22H24N4O. The van der Waals surface area contributed by atoms with E-state index < -0.39 is 0 Å². The van der Waals surface area contributed by atoms with Crippen molar-refractivity contribution in [2.75, 3.05) is 13.1 Å². The molecule has 1 aliphatic heterocycles. The Kier molecular flexibility index (Phi) is 5.28. The van der Waals surface area contributed by atoms with E-state index in [4.69, 9.17) is 0 Å². The highest BCUT2D eigenvalue weighted by molar-refractivity contribution is 5.78. The first kappa shape index (κ1) is 17.5. The van der Waals surface area contributed by atoms with Gasteiger partial charge in [-0.3, -0.25) is 14.9 Å². The third-order valence-corrected chi connectivity index (χ3v) is 5.21. The molecule has 0 spiro atoms. The van der Waals surface area contributed by atoms with Crippen LogP contribution in [0, 0.1) is 0 Å². The summed E-state index contributed by atoms with van der Waals surface area (Å²) in [6.45, 7) is 1.58. The second-order valence-electron chi connectivity index (χ2n) is 7.13. The molecule has 0 bridgehead atoms. The number of piperidine rings is 1. The molecule has 0 aliphatic carbocycles. The molecule has 5 nitrogen and oxygen atoms in total. The van der Waals surface area contributed by atoms with Gasteiger partial charge in [-0.25, -0.2) is 0 Å². The lowest BCUT2D eigenvalue weighted by molar-refractivity contribution is -0.131. The highest BCUT2D eigenvalue weighted by Crippen LogP contribution is 2.27. The van der Waals surface area contributed by atoms with E-state index in [0.29, 0.717) is 12.3 Å². The number of aromatic nitrogens is 3. The second kappa shape index (κ2) is 8.16. The van der Waals surface area contributed by atoms with E-state index in [-0.39, 0.29) is 5.91 Å². The molecule has 3 aromatic rings. The molecule has 0 atom stereocenters. The molecule has 1 aromatic carbocycles. The normalized spacial score (nSPS) is 15.0. The molecule has 5 heteroatoms. The Morgan fingerprint density at radius 2 is 1.85 bits per heavy atom. The van der Waals surface area contributed by atoms with Crippen LogP contribution in [0.15, 0.2) is 60.8 Å². The number of carbonyl (C=O) groups is 1. The third-order valence-electron chi connectivity index (χ3n) is 5.21. The van der Waals surface area contributed by atoms with Gasteiger partial charge in [0.25, 0.3) is 0 Å². The quantitative estimate of drug-likeness (QED) is 0.759. The van der Waals surface area contributed by atoms with Crippen LogP contribution in [-0.2, 0) is 17.6 Å². The maximum Gasteiger partial charge on any atom is 0.228 e. The fourth-order valence-electron chi connectivity index (χ4n) is 3.69. The molecule has 2 aromatic heterocycles. The van der Waals surface area contributed by atoms with Crippen LogP contribution < -0.4 is 0 Å². The van der Waals surface area contributed by atoms with Crippen molar-refractivity contribution in [2.45, 2.75) is 31.6 Å². The lowest BCUT2D eigenvalue weighted by atomic mass is 9.93. The molecule has 0 radical (unpaired) electrons. The van der Waals surface area contributed by atoms with Crippen molar-refractivity contribution >= 4 is 5.91 Å². The number of nitrogens with one attached hydrogen (secondary N) is 1. The smallest absolute Gasteiger partial charge is 0.228 e. The molecule has 0 saturated carbocycles. The second-order valence-corrected chi connectivity index (χ2v) is 7.13. The van der Waals surface area contributed by atoms with Crippen molar-refractivity contribution in [1.82, 2.24) is 20.1 Å². The average molecular weight is 360 g/mol. The van der Waals surface area contributed by atoms with Crippen molar-refractivity contribution in [2.24, 2.45) is 0 Å². The van der Waals surface area contributed by atoms with Crippen LogP contribution in [0.1, 0.15) is 41.4 Å². The van der Waals surface area contributed by atoms with Gasteiger partial charge in [-0.1, -0.05) is 36.4 Å². The number of hydrogen-bond donors (Lipinski definition) is 1. The average Bonchev–Trinajstić information content (AvgIpc) is 3.18. The molecule has 4 rings (SSSR count). The van der Waals surface area contributed by atoms with E-state index in [9.17, 15) is 4.79 Å². The van der Waals surface area contributed by atoms with Crippen LogP contribution in [0.2, 0.25) is 0 Å². The lowest BCUT2D eigenvalue weighted by Crippen LogP contribution is -2.39. The van der Waals surface area contributed by atoms with Crippen LogP contribution in [0.25, 0.3) is 0 Å².